The second-order valence-corrected chi connectivity index (χ2v) is 3.94. The van der Waals surface area contributed by atoms with Gasteiger partial charge in [0.25, 0.3) is 6.01 Å². The smallest absolute Gasteiger partial charge is 0.348 e. The minimum atomic E-state index is -0.405. The maximum absolute atomic E-state index is 11.8. The number of anilines is 1. The number of ether oxygens (including phenoxy) is 1. The number of fused-ring (bicyclic) bond motifs is 1. The van der Waals surface area contributed by atoms with Crippen molar-refractivity contribution in [1.29, 1.82) is 0 Å². The van der Waals surface area contributed by atoms with Crippen LogP contribution in [-0.4, -0.2) is 18.6 Å². The number of nitrogens with zero attached hydrogens (tertiary/aromatic N) is 1. The van der Waals surface area contributed by atoms with Crippen LogP contribution in [0.3, 0.4) is 0 Å². The van der Waals surface area contributed by atoms with Crippen molar-refractivity contribution in [1.82, 2.24) is 4.98 Å². The molecule has 1 aromatic carbocycles. The van der Waals surface area contributed by atoms with Gasteiger partial charge >= 0.3 is 5.63 Å². The van der Waals surface area contributed by atoms with E-state index in [1.165, 1.54) is 0 Å². The van der Waals surface area contributed by atoms with Crippen LogP contribution < -0.4 is 15.7 Å². The van der Waals surface area contributed by atoms with Gasteiger partial charge in [-0.25, -0.2) is 4.79 Å². The fourth-order valence-electron chi connectivity index (χ4n) is 1.68. The van der Waals surface area contributed by atoms with Gasteiger partial charge in [0, 0.05) is 6.54 Å². The molecular formula is C13H16N2O3. The highest BCUT2D eigenvalue weighted by Gasteiger charge is 2.09. The third kappa shape index (κ3) is 2.45. The van der Waals surface area contributed by atoms with Crippen LogP contribution in [0.5, 0.6) is 5.75 Å². The molecule has 18 heavy (non-hydrogen) atoms. The first-order valence-electron chi connectivity index (χ1n) is 5.98. The van der Waals surface area contributed by atoms with Crippen molar-refractivity contribution in [2.45, 2.75) is 19.8 Å². The average molecular weight is 248 g/mol. The Bertz CT molecular complexity index is 592. The Morgan fingerprint density at radius 2 is 2.28 bits per heavy atom. The molecule has 1 N–H and O–H groups in total. The molecule has 2 rings (SSSR count). The van der Waals surface area contributed by atoms with Gasteiger partial charge in [0.1, 0.15) is 11.3 Å². The normalized spacial score (nSPS) is 10.6. The first-order chi connectivity index (χ1) is 8.76. The summed E-state index contributed by atoms with van der Waals surface area (Å²) in [6.07, 6.45) is 2.06. The van der Waals surface area contributed by atoms with Crippen molar-refractivity contribution in [3.63, 3.8) is 0 Å². The Balaban J connectivity index is 2.43. The number of methoxy groups -OCH3 is 1. The first-order valence-corrected chi connectivity index (χ1v) is 5.98. The molecule has 1 heterocycles. The molecule has 0 unspecified atom stereocenters. The van der Waals surface area contributed by atoms with Gasteiger partial charge in [0.15, 0.2) is 0 Å². The van der Waals surface area contributed by atoms with E-state index >= 15 is 0 Å². The standard InChI is InChI=1S/C13H16N2O3/c1-3-4-8-14-13-15-11-9(12(16)18-13)6-5-7-10(11)17-2/h5-7H,3-4,8H2,1-2H3,(H,14,15). The zero-order chi connectivity index (χ0) is 13.0. The minimum absolute atomic E-state index is 0.241. The number of nitrogens with one attached hydrogen (secondary N) is 1. The van der Waals surface area contributed by atoms with Crippen LogP contribution in [0, 0.1) is 0 Å². The summed E-state index contributed by atoms with van der Waals surface area (Å²) in [6.45, 7) is 2.82. The largest absolute Gasteiger partial charge is 0.494 e. The van der Waals surface area contributed by atoms with Crippen LogP contribution >= 0.6 is 0 Å². The van der Waals surface area contributed by atoms with Crippen molar-refractivity contribution in [2.24, 2.45) is 0 Å². The van der Waals surface area contributed by atoms with Crippen LogP contribution in [0.4, 0.5) is 6.01 Å². The van der Waals surface area contributed by atoms with Gasteiger partial charge in [-0.15, -0.1) is 0 Å². The molecule has 5 heteroatoms. The predicted molar refractivity (Wildman–Crippen MR) is 70.2 cm³/mol. The zero-order valence-corrected chi connectivity index (χ0v) is 10.5. The Morgan fingerprint density at radius 3 is 3.00 bits per heavy atom. The highest BCUT2D eigenvalue weighted by atomic mass is 16.5. The van der Waals surface area contributed by atoms with Crippen LogP contribution in [-0.2, 0) is 0 Å². The van der Waals surface area contributed by atoms with E-state index in [1.54, 1.807) is 25.3 Å². The molecule has 2 aromatic rings. The predicted octanol–water partition coefficient (Wildman–Crippen LogP) is 2.41. The van der Waals surface area contributed by atoms with E-state index in [-0.39, 0.29) is 6.01 Å². The van der Waals surface area contributed by atoms with Crippen molar-refractivity contribution in [2.75, 3.05) is 19.0 Å². The molecule has 0 fully saturated rings. The molecule has 0 atom stereocenters. The molecule has 0 saturated heterocycles. The van der Waals surface area contributed by atoms with E-state index in [0.29, 0.717) is 16.7 Å². The molecule has 96 valence electrons. The lowest BCUT2D eigenvalue weighted by Crippen LogP contribution is -2.09. The number of aromatic nitrogens is 1. The molecular weight excluding hydrogens is 232 g/mol. The van der Waals surface area contributed by atoms with Crippen LogP contribution in [0.1, 0.15) is 19.8 Å². The minimum Gasteiger partial charge on any atom is -0.494 e. The fourth-order valence-corrected chi connectivity index (χ4v) is 1.68. The van der Waals surface area contributed by atoms with Crippen LogP contribution in [0.15, 0.2) is 27.4 Å². The van der Waals surface area contributed by atoms with E-state index in [9.17, 15) is 4.79 Å². The Morgan fingerprint density at radius 1 is 1.44 bits per heavy atom. The maximum atomic E-state index is 11.8. The van der Waals surface area contributed by atoms with Crippen molar-refractivity contribution in [3.8, 4) is 5.75 Å². The SMILES string of the molecule is CCCCNc1nc2c(OC)cccc2c(=O)o1. The third-order valence-corrected chi connectivity index (χ3v) is 2.65. The molecule has 0 radical (unpaired) electrons. The lowest BCUT2D eigenvalue weighted by molar-refractivity contribution is 0.417. The number of rotatable bonds is 5. The van der Waals surface area contributed by atoms with E-state index in [4.69, 9.17) is 9.15 Å². The van der Waals surface area contributed by atoms with Gasteiger partial charge < -0.3 is 14.5 Å². The van der Waals surface area contributed by atoms with Gasteiger partial charge in [-0.05, 0) is 18.6 Å². The highest BCUT2D eigenvalue weighted by Crippen LogP contribution is 2.22. The Hall–Kier alpha value is -2.04. The Kier molecular flexibility index (Phi) is 3.82. The molecule has 1 aromatic heterocycles. The van der Waals surface area contributed by atoms with E-state index < -0.39 is 5.63 Å². The summed E-state index contributed by atoms with van der Waals surface area (Å²) in [5, 5.41) is 3.42. The van der Waals surface area contributed by atoms with Gasteiger partial charge in [-0.3, -0.25) is 0 Å². The summed E-state index contributed by atoms with van der Waals surface area (Å²) in [5.74, 6) is 0.568. The van der Waals surface area contributed by atoms with Crippen molar-refractivity contribution in [3.05, 3.63) is 28.6 Å². The van der Waals surface area contributed by atoms with E-state index in [1.807, 2.05) is 0 Å². The monoisotopic (exact) mass is 248 g/mol. The van der Waals surface area contributed by atoms with Gasteiger partial charge in [0.05, 0.1) is 12.5 Å². The van der Waals surface area contributed by atoms with Gasteiger partial charge in [-0.1, -0.05) is 19.4 Å². The summed E-state index contributed by atoms with van der Waals surface area (Å²) in [4.78, 5) is 16.1. The quantitative estimate of drug-likeness (QED) is 0.823. The molecule has 0 aliphatic rings. The first kappa shape index (κ1) is 12.4. The number of unbranched alkanes of at least 4 members (excludes halogenated alkanes) is 1. The maximum Gasteiger partial charge on any atom is 0.348 e. The van der Waals surface area contributed by atoms with E-state index in [2.05, 4.69) is 17.2 Å². The lowest BCUT2D eigenvalue weighted by atomic mass is 10.2. The summed E-state index contributed by atoms with van der Waals surface area (Å²) in [6, 6.07) is 5.42. The summed E-state index contributed by atoms with van der Waals surface area (Å²) in [7, 11) is 1.55. The fraction of sp³-hybridized carbons (Fsp3) is 0.385. The molecule has 0 saturated carbocycles. The van der Waals surface area contributed by atoms with Crippen LogP contribution in [0.2, 0.25) is 0 Å². The van der Waals surface area contributed by atoms with Crippen molar-refractivity contribution < 1.29 is 9.15 Å². The van der Waals surface area contributed by atoms with Crippen molar-refractivity contribution >= 4 is 16.9 Å². The number of para-hydroxylation sites is 1. The molecule has 5 nitrogen and oxygen atoms in total. The summed E-state index contributed by atoms with van der Waals surface area (Å²) >= 11 is 0. The average Bonchev–Trinajstić information content (AvgIpc) is 2.38. The summed E-state index contributed by atoms with van der Waals surface area (Å²) < 4.78 is 10.3. The lowest BCUT2D eigenvalue weighted by Gasteiger charge is -2.06. The van der Waals surface area contributed by atoms with Gasteiger partial charge in [0.2, 0.25) is 0 Å². The third-order valence-electron chi connectivity index (χ3n) is 2.65. The van der Waals surface area contributed by atoms with E-state index in [0.717, 1.165) is 19.4 Å². The zero-order valence-electron chi connectivity index (χ0n) is 10.5. The molecule has 0 bridgehead atoms. The molecule has 0 spiro atoms. The topological polar surface area (TPSA) is 64.4 Å². The number of hydrogen-bond acceptors (Lipinski definition) is 5. The molecule has 0 aliphatic heterocycles. The van der Waals surface area contributed by atoms with Crippen LogP contribution in [0.25, 0.3) is 10.9 Å². The number of benzene rings is 1. The second-order valence-electron chi connectivity index (χ2n) is 3.94. The molecule has 0 amide bonds. The number of hydrogen-bond donors (Lipinski definition) is 1. The Labute approximate surface area is 105 Å². The summed E-state index contributed by atoms with van der Waals surface area (Å²) in [5.41, 5.74) is 0.119. The highest BCUT2D eigenvalue weighted by molar-refractivity contribution is 5.83. The second kappa shape index (κ2) is 5.53. The molecule has 0 aliphatic carbocycles. The van der Waals surface area contributed by atoms with Gasteiger partial charge in [-0.2, -0.15) is 4.98 Å².